The van der Waals surface area contributed by atoms with Crippen LogP contribution < -0.4 is 5.32 Å². The van der Waals surface area contributed by atoms with Gasteiger partial charge in [-0.2, -0.15) is 0 Å². The molecule has 2 heteroatoms. The molecule has 2 nitrogen and oxygen atoms in total. The highest BCUT2D eigenvalue weighted by Crippen LogP contribution is 2.13. The maximum atomic E-state index is 11.2. The molecule has 0 radical (unpaired) electrons. The van der Waals surface area contributed by atoms with E-state index in [9.17, 15) is 4.79 Å². The van der Waals surface area contributed by atoms with Crippen molar-refractivity contribution in [3.63, 3.8) is 0 Å². The average Bonchev–Trinajstić information content (AvgIpc) is 2.54. The molecule has 0 aromatic rings. The molecule has 0 aliphatic carbocycles. The van der Waals surface area contributed by atoms with Crippen molar-refractivity contribution in [1.29, 1.82) is 0 Å². The van der Waals surface area contributed by atoms with E-state index < -0.39 is 0 Å². The largest absolute Gasteiger partial charge is 0.333 e. The molecule has 0 atom stereocenters. The molecular weight excluding hydrogens is 282 g/mol. The first kappa shape index (κ1) is 22.2. The Hall–Kier alpha value is -0.790. The van der Waals surface area contributed by atoms with E-state index in [0.29, 0.717) is 6.42 Å². The Morgan fingerprint density at radius 3 is 1.39 bits per heavy atom. The summed E-state index contributed by atoms with van der Waals surface area (Å²) in [5.41, 5.74) is 0. The summed E-state index contributed by atoms with van der Waals surface area (Å²) in [7, 11) is 0. The standard InChI is InChI=1S/C21H41NO/c1-3-5-6-7-8-9-10-11-12-13-14-15-16-17-18-19-20-21(23)22-4-2/h4H,2-3,5-20H2,1H3,(H,22,23). The van der Waals surface area contributed by atoms with E-state index >= 15 is 0 Å². The number of hydrogen-bond donors (Lipinski definition) is 1. The minimum absolute atomic E-state index is 0.102. The molecule has 0 saturated carbocycles. The highest BCUT2D eigenvalue weighted by molar-refractivity contribution is 5.76. The molecule has 0 aliphatic heterocycles. The fraction of sp³-hybridized carbons (Fsp3) is 0.857. The summed E-state index contributed by atoms with van der Waals surface area (Å²) in [6.07, 6.45) is 24.0. The molecule has 0 aromatic carbocycles. The van der Waals surface area contributed by atoms with Gasteiger partial charge < -0.3 is 5.32 Å². The Balaban J connectivity index is 3.02. The topological polar surface area (TPSA) is 29.1 Å². The lowest BCUT2D eigenvalue weighted by atomic mass is 10.0. The Morgan fingerprint density at radius 1 is 0.696 bits per heavy atom. The fourth-order valence-corrected chi connectivity index (χ4v) is 3.02. The molecule has 0 rings (SSSR count). The van der Waals surface area contributed by atoms with Gasteiger partial charge in [-0.15, -0.1) is 0 Å². The van der Waals surface area contributed by atoms with Gasteiger partial charge >= 0.3 is 0 Å². The Labute approximate surface area is 145 Å². The van der Waals surface area contributed by atoms with Crippen molar-refractivity contribution in [3.05, 3.63) is 12.8 Å². The van der Waals surface area contributed by atoms with Crippen LogP contribution in [0.25, 0.3) is 0 Å². The van der Waals surface area contributed by atoms with Gasteiger partial charge in [-0.05, 0) is 12.6 Å². The molecule has 0 bridgehead atoms. The minimum Gasteiger partial charge on any atom is -0.333 e. The lowest BCUT2D eigenvalue weighted by Crippen LogP contribution is -2.15. The quantitative estimate of drug-likeness (QED) is 0.273. The molecule has 0 heterocycles. The first-order valence-electron chi connectivity index (χ1n) is 10.2. The summed E-state index contributed by atoms with van der Waals surface area (Å²) < 4.78 is 0. The van der Waals surface area contributed by atoms with Gasteiger partial charge in [-0.25, -0.2) is 0 Å². The zero-order valence-electron chi connectivity index (χ0n) is 15.7. The van der Waals surface area contributed by atoms with Gasteiger partial charge in [0.05, 0.1) is 0 Å². The number of nitrogens with one attached hydrogen (secondary N) is 1. The molecule has 0 fully saturated rings. The normalized spacial score (nSPS) is 10.7. The van der Waals surface area contributed by atoms with Crippen LogP contribution in [-0.4, -0.2) is 5.91 Å². The second-order valence-electron chi connectivity index (χ2n) is 6.82. The third-order valence-corrected chi connectivity index (χ3v) is 4.52. The van der Waals surface area contributed by atoms with E-state index in [4.69, 9.17) is 0 Å². The zero-order valence-corrected chi connectivity index (χ0v) is 15.7. The van der Waals surface area contributed by atoms with Crippen LogP contribution in [0.4, 0.5) is 0 Å². The first-order chi connectivity index (χ1) is 11.3. The van der Waals surface area contributed by atoms with Gasteiger partial charge in [0, 0.05) is 6.42 Å². The molecular formula is C21H41NO. The highest BCUT2D eigenvalue weighted by Gasteiger charge is 1.98. The first-order valence-corrected chi connectivity index (χ1v) is 10.2. The smallest absolute Gasteiger partial charge is 0.223 e. The summed E-state index contributed by atoms with van der Waals surface area (Å²) in [6, 6.07) is 0. The van der Waals surface area contributed by atoms with Crippen molar-refractivity contribution in [1.82, 2.24) is 5.32 Å². The maximum absolute atomic E-state index is 11.2. The number of carbonyl (C=O) groups is 1. The summed E-state index contributed by atoms with van der Waals surface area (Å²) in [5.74, 6) is 0.102. The number of rotatable bonds is 18. The number of carbonyl (C=O) groups excluding carboxylic acids is 1. The van der Waals surface area contributed by atoms with Crippen molar-refractivity contribution in [2.24, 2.45) is 0 Å². The zero-order chi connectivity index (χ0) is 17.0. The van der Waals surface area contributed by atoms with Crippen LogP contribution in [0.5, 0.6) is 0 Å². The molecule has 0 unspecified atom stereocenters. The fourth-order valence-electron chi connectivity index (χ4n) is 3.02. The van der Waals surface area contributed by atoms with E-state index in [2.05, 4.69) is 18.8 Å². The van der Waals surface area contributed by atoms with E-state index in [1.807, 2.05) is 0 Å². The van der Waals surface area contributed by atoms with Crippen LogP contribution >= 0.6 is 0 Å². The van der Waals surface area contributed by atoms with E-state index in [1.165, 1.54) is 103 Å². The molecule has 0 spiro atoms. The van der Waals surface area contributed by atoms with Crippen LogP contribution in [0.1, 0.15) is 116 Å². The Bertz CT molecular complexity index is 263. The van der Waals surface area contributed by atoms with Crippen LogP contribution in [0.2, 0.25) is 0 Å². The second kappa shape index (κ2) is 19.3. The predicted octanol–water partition coefficient (Wildman–Crippen LogP) is 6.90. The van der Waals surface area contributed by atoms with Gasteiger partial charge in [-0.3, -0.25) is 4.79 Å². The van der Waals surface area contributed by atoms with Gasteiger partial charge in [0.25, 0.3) is 0 Å². The van der Waals surface area contributed by atoms with Gasteiger partial charge in [0.1, 0.15) is 0 Å². The van der Waals surface area contributed by atoms with Crippen molar-refractivity contribution in [3.8, 4) is 0 Å². The van der Waals surface area contributed by atoms with Crippen LogP contribution in [0, 0.1) is 0 Å². The van der Waals surface area contributed by atoms with Crippen LogP contribution in [-0.2, 0) is 4.79 Å². The average molecular weight is 324 g/mol. The molecule has 1 N–H and O–H groups in total. The maximum Gasteiger partial charge on any atom is 0.223 e. The Morgan fingerprint density at radius 2 is 1.04 bits per heavy atom. The lowest BCUT2D eigenvalue weighted by molar-refractivity contribution is -0.120. The molecule has 0 aromatic heterocycles. The Kier molecular flexibility index (Phi) is 18.6. The van der Waals surface area contributed by atoms with Crippen molar-refractivity contribution in [2.45, 2.75) is 116 Å². The lowest BCUT2D eigenvalue weighted by Gasteiger charge is -2.03. The van der Waals surface area contributed by atoms with Gasteiger partial charge in [0.2, 0.25) is 5.91 Å². The molecule has 0 aliphatic rings. The molecule has 0 saturated heterocycles. The van der Waals surface area contributed by atoms with Crippen molar-refractivity contribution in [2.75, 3.05) is 0 Å². The summed E-state index contributed by atoms with van der Waals surface area (Å²) in [5, 5.41) is 2.62. The van der Waals surface area contributed by atoms with Crippen LogP contribution in [0.3, 0.4) is 0 Å². The summed E-state index contributed by atoms with van der Waals surface area (Å²) in [4.78, 5) is 11.2. The second-order valence-corrected chi connectivity index (χ2v) is 6.82. The number of hydrogen-bond acceptors (Lipinski definition) is 1. The number of amides is 1. The van der Waals surface area contributed by atoms with E-state index in [1.54, 1.807) is 0 Å². The van der Waals surface area contributed by atoms with E-state index in [-0.39, 0.29) is 5.91 Å². The minimum atomic E-state index is 0.102. The molecule has 23 heavy (non-hydrogen) atoms. The van der Waals surface area contributed by atoms with Crippen molar-refractivity contribution >= 4 is 5.91 Å². The van der Waals surface area contributed by atoms with Gasteiger partial charge in [0.15, 0.2) is 0 Å². The molecule has 136 valence electrons. The predicted molar refractivity (Wildman–Crippen MR) is 103 cm³/mol. The highest BCUT2D eigenvalue weighted by atomic mass is 16.1. The van der Waals surface area contributed by atoms with Gasteiger partial charge in [-0.1, -0.05) is 110 Å². The SMILES string of the molecule is C=CNC(=O)CCCCCCCCCCCCCCCCCC. The van der Waals surface area contributed by atoms with Crippen LogP contribution in [0.15, 0.2) is 12.8 Å². The third-order valence-electron chi connectivity index (χ3n) is 4.52. The monoisotopic (exact) mass is 323 g/mol. The number of unbranched alkanes of at least 4 members (excludes halogenated alkanes) is 15. The molecule has 1 amide bonds. The third kappa shape index (κ3) is 19.2. The summed E-state index contributed by atoms with van der Waals surface area (Å²) in [6.45, 7) is 5.77. The van der Waals surface area contributed by atoms with E-state index in [0.717, 1.165) is 6.42 Å². The van der Waals surface area contributed by atoms with Crippen molar-refractivity contribution < 1.29 is 4.79 Å². The summed E-state index contributed by atoms with van der Waals surface area (Å²) >= 11 is 0.